The van der Waals surface area contributed by atoms with Crippen molar-refractivity contribution in [2.45, 2.75) is 33.4 Å². The minimum absolute atomic E-state index is 0.459. The lowest BCUT2D eigenvalue weighted by molar-refractivity contribution is 0.306. The lowest BCUT2D eigenvalue weighted by atomic mass is 10.1. The summed E-state index contributed by atoms with van der Waals surface area (Å²) in [5, 5.41) is 14.6. The van der Waals surface area contributed by atoms with E-state index in [1.54, 1.807) is 18.5 Å². The smallest absolute Gasteiger partial charge is 0.136 e. The molecule has 3 heterocycles. The highest BCUT2D eigenvalue weighted by Crippen LogP contribution is 2.31. The molecule has 0 fully saturated rings. The molecular formula is C23H22N4O2. The van der Waals surface area contributed by atoms with Gasteiger partial charge in [-0.3, -0.25) is 9.67 Å². The molecule has 0 saturated heterocycles. The average molecular weight is 386 g/mol. The monoisotopic (exact) mass is 386 g/mol. The molecule has 1 aromatic carbocycles. The van der Waals surface area contributed by atoms with Gasteiger partial charge in [0.2, 0.25) is 0 Å². The first-order valence-electron chi connectivity index (χ1n) is 9.64. The molecule has 0 amide bonds. The summed E-state index contributed by atoms with van der Waals surface area (Å²) >= 11 is 0. The Morgan fingerprint density at radius 3 is 2.93 bits per heavy atom. The van der Waals surface area contributed by atoms with Gasteiger partial charge in [0, 0.05) is 41.6 Å². The number of nitrogens with zero attached hydrogens (tertiary/aromatic N) is 4. The van der Waals surface area contributed by atoms with Gasteiger partial charge in [0.15, 0.2) is 0 Å². The number of nitriles is 1. The van der Waals surface area contributed by atoms with Crippen LogP contribution in [0.3, 0.4) is 0 Å². The number of ether oxygens (including phenoxy) is 1. The number of pyridine rings is 1. The SMILES string of the molecule is CC(C)CCn1cc(COc2ccc3oc(-c4ccncc4C#N)cc3c2)cn1. The van der Waals surface area contributed by atoms with E-state index in [4.69, 9.17) is 9.15 Å². The predicted molar refractivity (Wildman–Crippen MR) is 110 cm³/mol. The van der Waals surface area contributed by atoms with Gasteiger partial charge in [0.1, 0.15) is 29.8 Å². The van der Waals surface area contributed by atoms with Gasteiger partial charge in [0.25, 0.3) is 0 Å². The van der Waals surface area contributed by atoms with Crippen LogP contribution in [0.15, 0.2) is 59.5 Å². The fraction of sp³-hybridized carbons (Fsp3) is 0.261. The van der Waals surface area contributed by atoms with E-state index in [1.807, 2.05) is 41.3 Å². The first-order valence-corrected chi connectivity index (χ1v) is 9.64. The third kappa shape index (κ3) is 4.30. The Balaban J connectivity index is 1.48. The number of aromatic nitrogens is 3. The molecule has 0 spiro atoms. The highest BCUT2D eigenvalue weighted by Gasteiger charge is 2.11. The fourth-order valence-electron chi connectivity index (χ4n) is 3.10. The molecule has 0 aliphatic carbocycles. The Morgan fingerprint density at radius 1 is 1.21 bits per heavy atom. The molecule has 0 N–H and O–H groups in total. The summed E-state index contributed by atoms with van der Waals surface area (Å²) in [6, 6.07) is 11.6. The maximum atomic E-state index is 9.28. The summed E-state index contributed by atoms with van der Waals surface area (Å²) in [5.74, 6) is 2.06. The molecule has 0 atom stereocenters. The molecule has 0 bridgehead atoms. The van der Waals surface area contributed by atoms with E-state index in [0.29, 0.717) is 23.8 Å². The van der Waals surface area contributed by atoms with Gasteiger partial charge in [-0.2, -0.15) is 10.4 Å². The minimum Gasteiger partial charge on any atom is -0.489 e. The molecule has 0 saturated carbocycles. The van der Waals surface area contributed by atoms with Gasteiger partial charge >= 0.3 is 0 Å². The van der Waals surface area contributed by atoms with Crippen LogP contribution >= 0.6 is 0 Å². The van der Waals surface area contributed by atoms with Gasteiger partial charge in [-0.25, -0.2) is 0 Å². The van der Waals surface area contributed by atoms with E-state index in [2.05, 4.69) is 30.0 Å². The number of furan rings is 1. The van der Waals surface area contributed by atoms with E-state index in [1.165, 1.54) is 0 Å². The zero-order valence-electron chi connectivity index (χ0n) is 16.5. The number of rotatable bonds is 7. The maximum Gasteiger partial charge on any atom is 0.136 e. The number of hydrogen-bond donors (Lipinski definition) is 0. The Labute approximate surface area is 169 Å². The van der Waals surface area contributed by atoms with Crippen LogP contribution in [-0.2, 0) is 13.2 Å². The van der Waals surface area contributed by atoms with Crippen molar-refractivity contribution in [2.24, 2.45) is 5.92 Å². The van der Waals surface area contributed by atoms with Crippen molar-refractivity contribution in [1.29, 1.82) is 5.26 Å². The Hall–Kier alpha value is -3.59. The first kappa shape index (κ1) is 18.8. The zero-order chi connectivity index (χ0) is 20.2. The van der Waals surface area contributed by atoms with E-state index in [0.717, 1.165) is 40.8 Å². The van der Waals surface area contributed by atoms with Crippen LogP contribution in [0.4, 0.5) is 0 Å². The third-order valence-electron chi connectivity index (χ3n) is 4.72. The molecule has 0 aliphatic rings. The Morgan fingerprint density at radius 2 is 2.10 bits per heavy atom. The van der Waals surface area contributed by atoms with Gasteiger partial charge in [-0.1, -0.05) is 13.8 Å². The molecule has 6 nitrogen and oxygen atoms in total. The molecule has 146 valence electrons. The summed E-state index contributed by atoms with van der Waals surface area (Å²) in [6.45, 7) is 5.80. The van der Waals surface area contributed by atoms with Crippen molar-refractivity contribution in [2.75, 3.05) is 0 Å². The van der Waals surface area contributed by atoms with Gasteiger partial charge in [-0.15, -0.1) is 0 Å². The van der Waals surface area contributed by atoms with E-state index < -0.39 is 0 Å². The minimum atomic E-state index is 0.459. The second-order valence-electron chi connectivity index (χ2n) is 7.43. The third-order valence-corrected chi connectivity index (χ3v) is 4.72. The zero-order valence-corrected chi connectivity index (χ0v) is 16.5. The average Bonchev–Trinajstić information content (AvgIpc) is 3.37. The van der Waals surface area contributed by atoms with Crippen LogP contribution in [0.25, 0.3) is 22.3 Å². The highest BCUT2D eigenvalue weighted by molar-refractivity contribution is 5.85. The number of aryl methyl sites for hydroxylation is 1. The number of benzene rings is 1. The van der Waals surface area contributed by atoms with Crippen LogP contribution in [0.2, 0.25) is 0 Å². The Kier molecular flexibility index (Phi) is 5.30. The van der Waals surface area contributed by atoms with Crippen molar-refractivity contribution in [3.05, 3.63) is 66.2 Å². The van der Waals surface area contributed by atoms with Crippen molar-refractivity contribution in [1.82, 2.24) is 14.8 Å². The summed E-state index contributed by atoms with van der Waals surface area (Å²) in [7, 11) is 0. The lowest BCUT2D eigenvalue weighted by Gasteiger charge is -2.05. The van der Waals surface area contributed by atoms with Gasteiger partial charge in [-0.05, 0) is 42.7 Å². The van der Waals surface area contributed by atoms with Crippen LogP contribution < -0.4 is 4.74 Å². The summed E-state index contributed by atoms with van der Waals surface area (Å²) < 4.78 is 13.8. The van der Waals surface area contributed by atoms with E-state index in [9.17, 15) is 5.26 Å². The maximum absolute atomic E-state index is 9.28. The standard InChI is InChI=1S/C23H22N4O2/c1-16(2)6-8-27-14-17(12-26-27)15-28-20-3-4-22-18(9-20)10-23(29-22)21-5-7-25-13-19(21)11-24/h3-5,7,9-10,12-14,16H,6,8,15H2,1-2H3. The molecule has 4 aromatic rings. The van der Waals surface area contributed by atoms with Crippen molar-refractivity contribution in [3.63, 3.8) is 0 Å². The van der Waals surface area contributed by atoms with Crippen molar-refractivity contribution >= 4 is 11.0 Å². The van der Waals surface area contributed by atoms with Crippen LogP contribution in [-0.4, -0.2) is 14.8 Å². The van der Waals surface area contributed by atoms with Crippen LogP contribution in [0.1, 0.15) is 31.4 Å². The number of hydrogen-bond acceptors (Lipinski definition) is 5. The van der Waals surface area contributed by atoms with Crippen LogP contribution in [0.5, 0.6) is 5.75 Å². The van der Waals surface area contributed by atoms with E-state index in [-0.39, 0.29) is 0 Å². The molecule has 0 unspecified atom stereocenters. The molecular weight excluding hydrogens is 364 g/mol. The predicted octanol–water partition coefficient (Wildman–Crippen LogP) is 5.19. The normalized spacial score (nSPS) is 11.1. The molecule has 0 aliphatic heterocycles. The summed E-state index contributed by atoms with van der Waals surface area (Å²) in [5.41, 5.74) is 3.00. The molecule has 0 radical (unpaired) electrons. The fourth-order valence-corrected chi connectivity index (χ4v) is 3.10. The molecule has 6 heteroatoms. The highest BCUT2D eigenvalue weighted by atomic mass is 16.5. The lowest BCUT2D eigenvalue weighted by Crippen LogP contribution is -2.01. The second kappa shape index (κ2) is 8.19. The largest absolute Gasteiger partial charge is 0.489 e. The molecule has 3 aromatic heterocycles. The molecule has 29 heavy (non-hydrogen) atoms. The van der Waals surface area contributed by atoms with Crippen molar-refractivity contribution < 1.29 is 9.15 Å². The topological polar surface area (TPSA) is 76.9 Å². The Bertz CT molecular complexity index is 1170. The molecule has 4 rings (SSSR count). The van der Waals surface area contributed by atoms with Crippen LogP contribution in [0, 0.1) is 17.2 Å². The first-order chi connectivity index (χ1) is 14.1. The van der Waals surface area contributed by atoms with Gasteiger partial charge < -0.3 is 9.15 Å². The quantitative estimate of drug-likeness (QED) is 0.437. The second-order valence-corrected chi connectivity index (χ2v) is 7.43. The van der Waals surface area contributed by atoms with Gasteiger partial charge in [0.05, 0.1) is 11.8 Å². The summed E-state index contributed by atoms with van der Waals surface area (Å²) in [6.07, 6.45) is 8.18. The number of fused-ring (bicyclic) bond motifs is 1. The van der Waals surface area contributed by atoms with Crippen molar-refractivity contribution in [3.8, 4) is 23.1 Å². The van der Waals surface area contributed by atoms with E-state index >= 15 is 0 Å². The summed E-state index contributed by atoms with van der Waals surface area (Å²) in [4.78, 5) is 3.99.